The lowest BCUT2D eigenvalue weighted by Gasteiger charge is -2.18. The third kappa shape index (κ3) is 4.75. The van der Waals surface area contributed by atoms with Crippen LogP contribution in [0.15, 0.2) is 69.5 Å². The van der Waals surface area contributed by atoms with E-state index in [1.54, 1.807) is 18.7 Å². The summed E-state index contributed by atoms with van der Waals surface area (Å²) in [6.07, 6.45) is 7.15. The Morgan fingerprint density at radius 3 is 2.50 bits per heavy atom. The number of aliphatic carboxylic acids is 1. The van der Waals surface area contributed by atoms with Crippen LogP contribution in [-0.2, 0) is 10.2 Å². The second kappa shape index (κ2) is 9.46. The number of aromatic amines is 1. The highest BCUT2D eigenvalue weighted by atomic mass is 32.2. The molecule has 0 bridgehead atoms. The van der Waals surface area contributed by atoms with Crippen LogP contribution in [0.4, 0.5) is 0 Å². The second-order valence-corrected chi connectivity index (χ2v) is 11.1. The summed E-state index contributed by atoms with van der Waals surface area (Å²) >= 11 is 1.45. The molecule has 3 aromatic heterocycles. The van der Waals surface area contributed by atoms with Crippen LogP contribution in [0, 0.1) is 0 Å². The van der Waals surface area contributed by atoms with E-state index >= 15 is 0 Å². The third-order valence-corrected chi connectivity index (χ3v) is 7.61. The van der Waals surface area contributed by atoms with E-state index in [-0.39, 0.29) is 11.0 Å². The maximum Gasteiger partial charge on any atom is 0.327 e. The Morgan fingerprint density at radius 1 is 1.19 bits per heavy atom. The number of hydrogen-bond donors (Lipinski definition) is 2. The van der Waals surface area contributed by atoms with E-state index in [0.717, 1.165) is 34.6 Å². The van der Waals surface area contributed by atoms with Crippen molar-refractivity contribution >= 4 is 17.7 Å². The lowest BCUT2D eigenvalue weighted by atomic mass is 9.86. The number of carboxylic acids is 1. The second-order valence-electron chi connectivity index (χ2n) is 10.1. The number of hydrogen-bond acceptors (Lipinski definition) is 6. The zero-order valence-electron chi connectivity index (χ0n) is 20.4. The highest BCUT2D eigenvalue weighted by molar-refractivity contribution is 7.99. The number of nitrogens with one attached hydrogen (secondary N) is 1. The van der Waals surface area contributed by atoms with Gasteiger partial charge in [0, 0.05) is 41.4 Å². The summed E-state index contributed by atoms with van der Waals surface area (Å²) in [5.74, 6) is 0.284. The number of fused-ring (bicyclic) bond motifs is 1. The van der Waals surface area contributed by atoms with Crippen molar-refractivity contribution in [2.24, 2.45) is 0 Å². The molecule has 2 aliphatic rings. The minimum atomic E-state index is -0.969. The molecule has 1 fully saturated rings. The first kappa shape index (κ1) is 24.1. The molecule has 36 heavy (non-hydrogen) atoms. The molecule has 1 aliphatic heterocycles. The van der Waals surface area contributed by atoms with Gasteiger partial charge in [-0.1, -0.05) is 50.2 Å². The van der Waals surface area contributed by atoms with Gasteiger partial charge in [-0.05, 0) is 35.3 Å². The molecule has 2 N–H and O–H groups in total. The van der Waals surface area contributed by atoms with Crippen LogP contribution in [0.3, 0.4) is 0 Å². The molecule has 1 atom stereocenters. The van der Waals surface area contributed by atoms with Crippen molar-refractivity contribution in [1.82, 2.24) is 19.7 Å². The van der Waals surface area contributed by atoms with Crippen molar-refractivity contribution in [3.05, 3.63) is 76.6 Å². The van der Waals surface area contributed by atoms with Crippen molar-refractivity contribution < 1.29 is 14.4 Å². The van der Waals surface area contributed by atoms with Crippen molar-refractivity contribution in [3.8, 4) is 22.6 Å². The molecule has 4 aromatic rings. The van der Waals surface area contributed by atoms with Gasteiger partial charge in [-0.3, -0.25) is 9.36 Å². The van der Waals surface area contributed by atoms with E-state index in [9.17, 15) is 14.7 Å². The summed E-state index contributed by atoms with van der Waals surface area (Å²) < 4.78 is 7.12. The monoisotopic (exact) mass is 504 g/mol. The van der Waals surface area contributed by atoms with Gasteiger partial charge >= 0.3 is 5.97 Å². The molecule has 4 heterocycles. The normalized spacial score (nSPS) is 16.8. The molecule has 0 radical (unpaired) electrons. The van der Waals surface area contributed by atoms with Gasteiger partial charge in [0.15, 0.2) is 5.76 Å². The Hall–Kier alpha value is -3.59. The summed E-state index contributed by atoms with van der Waals surface area (Å²) in [5, 5.41) is 14.5. The minimum absolute atomic E-state index is 0.0742. The molecule has 186 valence electrons. The predicted molar refractivity (Wildman–Crippen MR) is 138 cm³/mol. The number of H-pyrrole nitrogens is 1. The van der Waals surface area contributed by atoms with Gasteiger partial charge in [0.05, 0.1) is 11.4 Å². The van der Waals surface area contributed by atoms with Crippen LogP contribution in [0.2, 0.25) is 0 Å². The quantitative estimate of drug-likeness (QED) is 0.378. The molecule has 0 amide bonds. The Morgan fingerprint density at radius 2 is 1.94 bits per heavy atom. The van der Waals surface area contributed by atoms with E-state index in [0.29, 0.717) is 23.1 Å². The van der Waals surface area contributed by atoms with Gasteiger partial charge in [0.25, 0.3) is 5.56 Å². The maximum absolute atomic E-state index is 12.8. The summed E-state index contributed by atoms with van der Waals surface area (Å²) in [6, 6.07) is 10.9. The number of pyridine rings is 1. The number of nitrogens with zero attached hydrogens (tertiary/aromatic N) is 3. The standard InChI is InChI=1S/C24H24N2O4S.C3H4N2/c1-24(2,3)15-8-6-13(7-9-15)17-11-19(30-25-17)16-10-20(27)26-18(23(28)29)12-31-22(26)21(16)14-4-5-14;1-2-5-3-4-1/h6-11,14,18H,4-5,12H2,1-3H3,(H,28,29);1-3H,(H,4,5). The van der Waals surface area contributed by atoms with Gasteiger partial charge in [-0.2, -0.15) is 0 Å². The Balaban J connectivity index is 0.000000477. The lowest BCUT2D eigenvalue weighted by Crippen LogP contribution is -2.29. The molecular weight excluding hydrogens is 476 g/mol. The van der Waals surface area contributed by atoms with Crippen LogP contribution in [-0.4, -0.2) is 36.5 Å². The number of imidazole rings is 1. The molecule has 1 aromatic carbocycles. The maximum atomic E-state index is 12.8. The minimum Gasteiger partial charge on any atom is -0.480 e. The van der Waals surface area contributed by atoms with Crippen LogP contribution in [0.25, 0.3) is 22.6 Å². The fraction of sp³-hybridized carbons (Fsp3) is 0.333. The van der Waals surface area contributed by atoms with E-state index in [1.807, 2.05) is 18.2 Å². The molecule has 6 rings (SSSR count). The average molecular weight is 505 g/mol. The zero-order valence-corrected chi connectivity index (χ0v) is 21.2. The van der Waals surface area contributed by atoms with Crippen molar-refractivity contribution in [3.63, 3.8) is 0 Å². The summed E-state index contributed by atoms with van der Waals surface area (Å²) in [5.41, 5.74) is 4.45. The van der Waals surface area contributed by atoms with Crippen LogP contribution in [0.1, 0.15) is 56.7 Å². The Labute approximate surface area is 212 Å². The molecule has 1 aliphatic carbocycles. The lowest BCUT2D eigenvalue weighted by molar-refractivity contribution is -0.140. The third-order valence-electron chi connectivity index (χ3n) is 6.43. The van der Waals surface area contributed by atoms with E-state index < -0.39 is 12.0 Å². The topological polar surface area (TPSA) is 114 Å². The highest BCUT2D eigenvalue weighted by Crippen LogP contribution is 2.50. The molecule has 8 nitrogen and oxygen atoms in total. The number of aromatic nitrogens is 4. The number of rotatable bonds is 4. The van der Waals surface area contributed by atoms with Gasteiger partial charge in [0.2, 0.25) is 0 Å². The first-order valence-corrected chi connectivity index (χ1v) is 12.9. The molecule has 1 unspecified atom stereocenters. The molecule has 0 saturated heterocycles. The highest BCUT2D eigenvalue weighted by Gasteiger charge is 2.38. The van der Waals surface area contributed by atoms with Crippen LogP contribution >= 0.6 is 11.8 Å². The van der Waals surface area contributed by atoms with Gasteiger partial charge in [-0.15, -0.1) is 11.8 Å². The summed E-state index contributed by atoms with van der Waals surface area (Å²) in [6.45, 7) is 6.53. The van der Waals surface area contributed by atoms with Crippen LogP contribution < -0.4 is 5.56 Å². The molecule has 0 spiro atoms. The largest absolute Gasteiger partial charge is 0.480 e. The number of thioether (sulfide) groups is 1. The fourth-order valence-corrected chi connectivity index (χ4v) is 5.73. The SMILES string of the molecule is CC(C)(C)c1ccc(-c2cc(-c3cc(=O)n4c(c3C3CC3)SCC4C(=O)O)on2)cc1.c1c[nH]cn1. The number of benzene rings is 1. The van der Waals surface area contributed by atoms with E-state index in [1.165, 1.54) is 28.0 Å². The predicted octanol–water partition coefficient (Wildman–Crippen LogP) is 5.49. The Bertz CT molecular complexity index is 1410. The van der Waals surface area contributed by atoms with Gasteiger partial charge < -0.3 is 14.6 Å². The fourth-order valence-electron chi connectivity index (χ4n) is 4.34. The van der Waals surface area contributed by atoms with Gasteiger partial charge in [0.1, 0.15) is 11.7 Å². The molecule has 1 saturated carbocycles. The van der Waals surface area contributed by atoms with Crippen molar-refractivity contribution in [2.75, 3.05) is 5.75 Å². The molecule has 9 heteroatoms. The smallest absolute Gasteiger partial charge is 0.327 e. The Kier molecular flexibility index (Phi) is 6.34. The van der Waals surface area contributed by atoms with E-state index in [4.69, 9.17) is 4.52 Å². The average Bonchev–Trinajstić information content (AvgIpc) is 3.29. The summed E-state index contributed by atoms with van der Waals surface area (Å²) in [7, 11) is 0. The van der Waals surface area contributed by atoms with Gasteiger partial charge in [-0.25, -0.2) is 9.78 Å². The van der Waals surface area contributed by atoms with Crippen molar-refractivity contribution in [1.29, 1.82) is 0 Å². The van der Waals surface area contributed by atoms with Crippen LogP contribution in [0.5, 0.6) is 0 Å². The van der Waals surface area contributed by atoms with Crippen molar-refractivity contribution in [2.45, 2.75) is 56.0 Å². The number of carboxylic acid groups (broad SMARTS) is 1. The first-order valence-electron chi connectivity index (χ1n) is 11.9. The van der Waals surface area contributed by atoms with E-state index in [2.05, 4.69) is 48.0 Å². The first-order chi connectivity index (χ1) is 17.2. The molecular formula is C27H28N4O4S. The zero-order chi connectivity index (χ0) is 25.4. The number of carbonyl (C=O) groups is 1. The summed E-state index contributed by atoms with van der Waals surface area (Å²) in [4.78, 5) is 30.9.